The molecule has 0 radical (unpaired) electrons. The maximum Gasteiger partial charge on any atom is 0.320 e. The first-order valence-corrected chi connectivity index (χ1v) is 6.40. The molecule has 0 saturated heterocycles. The highest BCUT2D eigenvalue weighted by Crippen LogP contribution is 2.26. The number of nitrogens with two attached hydrogens (primary N) is 1. The van der Waals surface area contributed by atoms with Crippen molar-refractivity contribution in [2.75, 3.05) is 13.3 Å². The number of alkyl halides is 1. The second-order valence-electron chi connectivity index (χ2n) is 4.62. The van der Waals surface area contributed by atoms with Crippen LogP contribution in [0.2, 0.25) is 0 Å². The molecule has 20 heavy (non-hydrogen) atoms. The van der Waals surface area contributed by atoms with E-state index >= 15 is 0 Å². The lowest BCUT2D eigenvalue weighted by Gasteiger charge is -2.17. The summed E-state index contributed by atoms with van der Waals surface area (Å²) in [5.74, 6) is -0.0637. The summed E-state index contributed by atoms with van der Waals surface area (Å²) >= 11 is 0. The molecule has 0 aliphatic rings. The number of halogens is 1. The first-order chi connectivity index (χ1) is 9.43. The van der Waals surface area contributed by atoms with Crippen LogP contribution in [0.1, 0.15) is 19.4 Å². The lowest BCUT2D eigenvalue weighted by molar-refractivity contribution is -0.138. The van der Waals surface area contributed by atoms with Crippen LogP contribution in [0.15, 0.2) is 18.2 Å². The highest BCUT2D eigenvalue weighted by molar-refractivity contribution is 5.73. The molecule has 6 heteroatoms. The van der Waals surface area contributed by atoms with E-state index in [4.69, 9.17) is 20.3 Å². The monoisotopic (exact) mass is 285 g/mol. The fourth-order valence-electron chi connectivity index (χ4n) is 1.65. The molecule has 1 aromatic carbocycles. The van der Waals surface area contributed by atoms with Crippen molar-refractivity contribution in [3.63, 3.8) is 0 Å². The van der Waals surface area contributed by atoms with Gasteiger partial charge < -0.3 is 20.3 Å². The van der Waals surface area contributed by atoms with Gasteiger partial charge in [0, 0.05) is 6.42 Å². The summed E-state index contributed by atoms with van der Waals surface area (Å²) in [6, 6.07) is 3.94. The molecule has 0 aliphatic heterocycles. The Hall–Kier alpha value is -1.82. The molecular weight excluding hydrogens is 265 g/mol. The van der Waals surface area contributed by atoms with Crippen molar-refractivity contribution < 1.29 is 23.8 Å². The van der Waals surface area contributed by atoms with Crippen molar-refractivity contribution in [3.05, 3.63) is 23.8 Å². The van der Waals surface area contributed by atoms with Gasteiger partial charge in [0.2, 0.25) is 0 Å². The summed E-state index contributed by atoms with van der Waals surface area (Å²) in [4.78, 5) is 10.8. The van der Waals surface area contributed by atoms with Crippen molar-refractivity contribution in [1.82, 2.24) is 0 Å². The standard InChI is InChI=1S/C14H20FNO4/c1-9(2)20-13-4-3-11(19-6-5-15)7-10(13)8-12(16)14(17)18/h3-4,7,9,12H,5-6,8,16H2,1-2H3,(H,17,18). The van der Waals surface area contributed by atoms with Crippen LogP contribution >= 0.6 is 0 Å². The number of hydrogen-bond acceptors (Lipinski definition) is 4. The van der Waals surface area contributed by atoms with E-state index in [1.807, 2.05) is 13.8 Å². The van der Waals surface area contributed by atoms with Gasteiger partial charge in [-0.05, 0) is 37.6 Å². The Labute approximate surface area is 117 Å². The van der Waals surface area contributed by atoms with Crippen LogP contribution in [0.5, 0.6) is 11.5 Å². The van der Waals surface area contributed by atoms with Crippen LogP contribution in [-0.4, -0.2) is 36.5 Å². The molecule has 0 aromatic heterocycles. The molecule has 3 N–H and O–H groups in total. The van der Waals surface area contributed by atoms with Crippen LogP contribution in [0, 0.1) is 0 Å². The summed E-state index contributed by atoms with van der Waals surface area (Å²) in [7, 11) is 0. The summed E-state index contributed by atoms with van der Waals surface area (Å²) in [5, 5.41) is 8.88. The number of hydrogen-bond donors (Lipinski definition) is 2. The van der Waals surface area contributed by atoms with Crippen LogP contribution in [0.25, 0.3) is 0 Å². The predicted octanol–water partition coefficient (Wildman–Crippen LogP) is 1.78. The number of carboxylic acid groups (broad SMARTS) is 1. The molecule has 0 aliphatic carbocycles. The molecule has 1 aromatic rings. The van der Waals surface area contributed by atoms with Crippen molar-refractivity contribution >= 4 is 5.97 Å². The third-order valence-corrected chi connectivity index (χ3v) is 2.50. The summed E-state index contributed by atoms with van der Waals surface area (Å²) in [6.07, 6.45) is 0.0666. The molecule has 0 amide bonds. The average molecular weight is 285 g/mol. The highest BCUT2D eigenvalue weighted by Gasteiger charge is 2.16. The minimum Gasteiger partial charge on any atom is -0.491 e. The van der Waals surface area contributed by atoms with Gasteiger partial charge in [-0.3, -0.25) is 4.79 Å². The zero-order valence-corrected chi connectivity index (χ0v) is 11.6. The van der Waals surface area contributed by atoms with E-state index in [1.165, 1.54) is 0 Å². The Bertz CT molecular complexity index is 451. The van der Waals surface area contributed by atoms with Crippen molar-refractivity contribution in [3.8, 4) is 11.5 Å². The number of ether oxygens (including phenoxy) is 2. The van der Waals surface area contributed by atoms with Crippen molar-refractivity contribution in [2.24, 2.45) is 5.73 Å². The predicted molar refractivity (Wildman–Crippen MR) is 73.0 cm³/mol. The van der Waals surface area contributed by atoms with Gasteiger partial charge in [0.25, 0.3) is 0 Å². The largest absolute Gasteiger partial charge is 0.491 e. The zero-order valence-electron chi connectivity index (χ0n) is 11.6. The number of aliphatic carboxylic acids is 1. The third kappa shape index (κ3) is 5.05. The first kappa shape index (κ1) is 16.2. The molecule has 1 rings (SSSR count). The van der Waals surface area contributed by atoms with Gasteiger partial charge in [-0.1, -0.05) is 0 Å². The lowest BCUT2D eigenvalue weighted by atomic mass is 10.0. The Balaban J connectivity index is 2.95. The Morgan fingerprint density at radius 3 is 2.70 bits per heavy atom. The molecule has 0 fully saturated rings. The van der Waals surface area contributed by atoms with Crippen LogP contribution in [0.3, 0.4) is 0 Å². The summed E-state index contributed by atoms with van der Waals surface area (Å²) < 4.78 is 22.9. The summed E-state index contributed by atoms with van der Waals surface area (Å²) in [5.41, 5.74) is 6.17. The van der Waals surface area contributed by atoms with Crippen LogP contribution in [0.4, 0.5) is 4.39 Å². The minimum atomic E-state index is -1.09. The Morgan fingerprint density at radius 2 is 2.15 bits per heavy atom. The molecule has 0 saturated carbocycles. The van der Waals surface area contributed by atoms with Gasteiger partial charge in [0.05, 0.1) is 6.10 Å². The molecular formula is C14H20FNO4. The number of rotatable bonds is 8. The molecule has 5 nitrogen and oxygen atoms in total. The van der Waals surface area contributed by atoms with Gasteiger partial charge in [0.1, 0.15) is 30.8 Å². The zero-order chi connectivity index (χ0) is 15.1. The third-order valence-electron chi connectivity index (χ3n) is 2.50. The van der Waals surface area contributed by atoms with E-state index < -0.39 is 18.7 Å². The highest BCUT2D eigenvalue weighted by atomic mass is 19.1. The Kier molecular flexibility index (Phi) is 6.24. The topological polar surface area (TPSA) is 81.8 Å². The van der Waals surface area contributed by atoms with Crippen molar-refractivity contribution in [2.45, 2.75) is 32.4 Å². The maximum atomic E-state index is 12.1. The van der Waals surface area contributed by atoms with Gasteiger partial charge >= 0.3 is 5.97 Å². The fourth-order valence-corrected chi connectivity index (χ4v) is 1.65. The fraction of sp³-hybridized carbons (Fsp3) is 0.500. The van der Waals surface area contributed by atoms with E-state index in [9.17, 15) is 9.18 Å². The van der Waals surface area contributed by atoms with Gasteiger partial charge in [0.15, 0.2) is 0 Å². The number of carbonyl (C=O) groups is 1. The number of carboxylic acids is 1. The molecule has 1 atom stereocenters. The van der Waals surface area contributed by atoms with Crippen LogP contribution in [-0.2, 0) is 11.2 Å². The average Bonchev–Trinajstić information content (AvgIpc) is 2.38. The quantitative estimate of drug-likeness (QED) is 0.761. The molecule has 1 unspecified atom stereocenters. The van der Waals surface area contributed by atoms with E-state index in [-0.39, 0.29) is 19.1 Å². The van der Waals surface area contributed by atoms with Gasteiger partial charge in [-0.15, -0.1) is 0 Å². The van der Waals surface area contributed by atoms with Gasteiger partial charge in [-0.2, -0.15) is 0 Å². The van der Waals surface area contributed by atoms with E-state index in [0.717, 1.165) is 0 Å². The molecule has 112 valence electrons. The summed E-state index contributed by atoms with van der Waals surface area (Å²) in [6.45, 7) is 3.10. The normalized spacial score (nSPS) is 12.2. The minimum absolute atomic E-state index is 0.0468. The Morgan fingerprint density at radius 1 is 1.45 bits per heavy atom. The van der Waals surface area contributed by atoms with Crippen LogP contribution < -0.4 is 15.2 Å². The second-order valence-corrected chi connectivity index (χ2v) is 4.62. The first-order valence-electron chi connectivity index (χ1n) is 6.40. The van der Waals surface area contributed by atoms with Gasteiger partial charge in [-0.25, -0.2) is 4.39 Å². The molecule has 0 heterocycles. The molecule has 0 bridgehead atoms. The smallest absolute Gasteiger partial charge is 0.320 e. The van der Waals surface area contributed by atoms with Crippen molar-refractivity contribution in [1.29, 1.82) is 0 Å². The number of benzene rings is 1. The lowest BCUT2D eigenvalue weighted by Crippen LogP contribution is -2.32. The maximum absolute atomic E-state index is 12.1. The van der Waals surface area contributed by atoms with E-state index in [2.05, 4.69) is 0 Å². The second kappa shape index (κ2) is 7.69. The van der Waals surface area contributed by atoms with E-state index in [1.54, 1.807) is 18.2 Å². The van der Waals surface area contributed by atoms with E-state index in [0.29, 0.717) is 17.1 Å². The molecule has 0 spiro atoms. The SMILES string of the molecule is CC(C)Oc1ccc(OCCF)cc1CC(N)C(=O)O.